The molecule has 0 radical (unpaired) electrons. The maximum Gasteiger partial charge on any atom is 0.213 e. The van der Waals surface area contributed by atoms with Gasteiger partial charge in [0, 0.05) is 33.4 Å². The molecule has 0 bridgehead atoms. The fourth-order valence-corrected chi connectivity index (χ4v) is 4.43. The van der Waals surface area contributed by atoms with Gasteiger partial charge in [-0.05, 0) is 23.8 Å². The van der Waals surface area contributed by atoms with Gasteiger partial charge in [0.05, 0.1) is 15.3 Å². The van der Waals surface area contributed by atoms with Crippen LogP contribution in [0.5, 0.6) is 0 Å². The van der Waals surface area contributed by atoms with E-state index in [1.54, 1.807) is 24.3 Å². The van der Waals surface area contributed by atoms with Gasteiger partial charge in [-0.25, -0.2) is 9.97 Å². The topological polar surface area (TPSA) is 78.2 Å². The van der Waals surface area contributed by atoms with Crippen LogP contribution in [-0.4, -0.2) is 20.2 Å². The van der Waals surface area contributed by atoms with Crippen LogP contribution < -0.4 is 0 Å². The molecule has 132 valence electrons. The van der Waals surface area contributed by atoms with Crippen LogP contribution in [-0.2, 0) is 0 Å². The van der Waals surface area contributed by atoms with Crippen molar-refractivity contribution in [1.29, 1.82) is 5.26 Å². The minimum Gasteiger partial charge on any atom is -0.259 e. The Morgan fingerprint density at radius 1 is 1.11 bits per heavy atom. The fourth-order valence-electron chi connectivity index (χ4n) is 2.72. The number of halogens is 3. The number of rotatable bonds is 3. The predicted octanol–water partition coefficient (Wildman–Crippen LogP) is 5.58. The highest BCUT2D eigenvalue weighted by Gasteiger charge is 2.25. The number of hydrogen-bond acceptors (Lipinski definition) is 5. The van der Waals surface area contributed by atoms with Crippen molar-refractivity contribution in [3.05, 3.63) is 64.4 Å². The third-order valence-electron chi connectivity index (χ3n) is 3.84. The number of nitriles is 1. The monoisotopic (exact) mass is 415 g/mol. The summed E-state index contributed by atoms with van der Waals surface area (Å²) < 4.78 is 13.6. The van der Waals surface area contributed by atoms with Crippen LogP contribution in [0.25, 0.3) is 32.3 Å². The second kappa shape index (κ2) is 7.08. The highest BCUT2D eigenvalue weighted by Crippen LogP contribution is 2.47. The zero-order valence-corrected chi connectivity index (χ0v) is 15.7. The zero-order chi connectivity index (χ0) is 19.0. The summed E-state index contributed by atoms with van der Waals surface area (Å²) in [4.78, 5) is 9.03. The van der Waals surface area contributed by atoms with E-state index in [9.17, 15) is 9.65 Å². The normalized spacial score (nSPS) is 10.7. The van der Waals surface area contributed by atoms with E-state index in [0.717, 1.165) is 0 Å². The lowest BCUT2D eigenvalue weighted by Gasteiger charge is -2.06. The molecule has 5 nitrogen and oxygen atoms in total. The van der Waals surface area contributed by atoms with Gasteiger partial charge in [0.25, 0.3) is 0 Å². The van der Waals surface area contributed by atoms with Crippen LogP contribution in [0, 0.1) is 17.3 Å². The first kappa shape index (κ1) is 17.6. The Balaban J connectivity index is 2.06. The zero-order valence-electron chi connectivity index (χ0n) is 13.4. The Kier molecular flexibility index (Phi) is 4.62. The molecule has 3 aromatic heterocycles. The minimum atomic E-state index is -0.628. The molecule has 0 saturated heterocycles. The molecule has 0 unspecified atom stereocenters. The third kappa shape index (κ3) is 3.19. The largest absolute Gasteiger partial charge is 0.259 e. The Hall–Kier alpha value is -2.79. The van der Waals surface area contributed by atoms with E-state index in [1.165, 1.54) is 29.9 Å². The summed E-state index contributed by atoms with van der Waals surface area (Å²) in [5, 5.41) is 17.4. The molecule has 1 N–H and O–H groups in total. The molecule has 0 amide bonds. The lowest BCUT2D eigenvalue weighted by molar-refractivity contribution is 0.584. The van der Waals surface area contributed by atoms with Crippen molar-refractivity contribution in [3.63, 3.8) is 0 Å². The Morgan fingerprint density at radius 2 is 1.96 bits per heavy atom. The Bertz CT molecular complexity index is 1180. The average molecular weight is 416 g/mol. The van der Waals surface area contributed by atoms with E-state index < -0.39 is 5.95 Å². The number of thiophene rings is 1. The van der Waals surface area contributed by atoms with Gasteiger partial charge in [-0.15, -0.1) is 11.3 Å². The van der Waals surface area contributed by atoms with Crippen LogP contribution >= 0.6 is 34.5 Å². The van der Waals surface area contributed by atoms with Gasteiger partial charge in [-0.3, -0.25) is 5.10 Å². The van der Waals surface area contributed by atoms with Crippen molar-refractivity contribution >= 4 is 34.5 Å². The fraction of sp³-hybridized carbons (Fsp3) is 0. The van der Waals surface area contributed by atoms with Gasteiger partial charge in [0.15, 0.2) is 5.82 Å². The first-order valence-corrected chi connectivity index (χ1v) is 9.15. The van der Waals surface area contributed by atoms with Crippen LogP contribution in [0.1, 0.15) is 5.56 Å². The van der Waals surface area contributed by atoms with Crippen molar-refractivity contribution in [2.24, 2.45) is 0 Å². The lowest BCUT2D eigenvalue weighted by Crippen LogP contribution is -1.88. The lowest BCUT2D eigenvalue weighted by atomic mass is 9.98. The maximum atomic E-state index is 13.6. The molecule has 27 heavy (non-hydrogen) atoms. The summed E-state index contributed by atoms with van der Waals surface area (Å²) in [6.45, 7) is 0. The van der Waals surface area contributed by atoms with Gasteiger partial charge in [-0.2, -0.15) is 14.8 Å². The minimum absolute atomic E-state index is 0.362. The molecule has 0 aliphatic heterocycles. The average Bonchev–Trinajstić information content (AvgIpc) is 3.29. The standard InChI is InChI=1S/C18H8Cl2FN5S/c19-10-1-2-11(13(20)6-10)15-12(7-22)16(9-3-4-23-14(21)5-9)27-17(15)18-24-8-25-26-18/h1-6,8H,(H,24,25,26). The summed E-state index contributed by atoms with van der Waals surface area (Å²) >= 11 is 13.7. The molecule has 0 spiro atoms. The molecule has 0 aliphatic rings. The summed E-state index contributed by atoms with van der Waals surface area (Å²) in [5.74, 6) is -0.143. The molecule has 3 heterocycles. The Labute approximate surface area is 167 Å². The molecular formula is C18H8Cl2FN5S. The van der Waals surface area contributed by atoms with E-state index >= 15 is 0 Å². The highest BCUT2D eigenvalue weighted by atomic mass is 35.5. The first-order chi connectivity index (χ1) is 13.1. The first-order valence-electron chi connectivity index (χ1n) is 7.58. The van der Waals surface area contributed by atoms with Crippen molar-refractivity contribution in [1.82, 2.24) is 20.2 Å². The van der Waals surface area contributed by atoms with E-state index in [0.29, 0.717) is 47.9 Å². The number of nitrogens with zero attached hydrogens (tertiary/aromatic N) is 4. The number of benzene rings is 1. The van der Waals surface area contributed by atoms with Crippen molar-refractivity contribution < 1.29 is 4.39 Å². The van der Waals surface area contributed by atoms with E-state index in [1.807, 2.05) is 0 Å². The van der Waals surface area contributed by atoms with E-state index in [2.05, 4.69) is 26.2 Å². The molecule has 0 saturated carbocycles. The number of hydrogen-bond donors (Lipinski definition) is 1. The second-order valence-corrected chi connectivity index (χ2v) is 7.31. The van der Waals surface area contributed by atoms with Crippen molar-refractivity contribution in [3.8, 4) is 38.3 Å². The van der Waals surface area contributed by atoms with Crippen LogP contribution in [0.3, 0.4) is 0 Å². The molecule has 0 atom stereocenters. The van der Waals surface area contributed by atoms with Crippen LogP contribution in [0.4, 0.5) is 4.39 Å². The van der Waals surface area contributed by atoms with Gasteiger partial charge >= 0.3 is 0 Å². The molecule has 4 rings (SSSR count). The maximum absolute atomic E-state index is 13.6. The molecule has 9 heteroatoms. The summed E-state index contributed by atoms with van der Waals surface area (Å²) in [6, 6.07) is 10.2. The quantitative estimate of drug-likeness (QED) is 0.443. The SMILES string of the molecule is N#Cc1c(-c2ccnc(F)c2)sc(-c2ncn[nH]2)c1-c1ccc(Cl)cc1Cl. The Morgan fingerprint density at radius 3 is 2.63 bits per heavy atom. The van der Waals surface area contributed by atoms with Crippen LogP contribution in [0.2, 0.25) is 10.0 Å². The summed E-state index contributed by atoms with van der Waals surface area (Å²) in [5.41, 5.74) is 2.12. The molecule has 4 aromatic rings. The van der Waals surface area contributed by atoms with Gasteiger partial charge < -0.3 is 0 Å². The second-order valence-electron chi connectivity index (χ2n) is 5.45. The predicted molar refractivity (Wildman–Crippen MR) is 103 cm³/mol. The van der Waals surface area contributed by atoms with E-state index in [-0.39, 0.29) is 0 Å². The highest BCUT2D eigenvalue weighted by molar-refractivity contribution is 7.19. The van der Waals surface area contributed by atoms with Gasteiger partial charge in [0.1, 0.15) is 12.4 Å². The third-order valence-corrected chi connectivity index (χ3v) is 5.63. The number of H-pyrrole nitrogens is 1. The van der Waals surface area contributed by atoms with Crippen molar-refractivity contribution in [2.45, 2.75) is 0 Å². The number of aromatic amines is 1. The number of nitrogens with one attached hydrogen (secondary N) is 1. The van der Waals surface area contributed by atoms with Crippen LogP contribution in [0.15, 0.2) is 42.9 Å². The molecular weight excluding hydrogens is 408 g/mol. The molecule has 0 aliphatic carbocycles. The molecule has 0 fully saturated rings. The number of pyridine rings is 1. The summed E-state index contributed by atoms with van der Waals surface area (Å²) in [6.07, 6.45) is 2.73. The van der Waals surface area contributed by atoms with Crippen molar-refractivity contribution in [2.75, 3.05) is 0 Å². The molecule has 1 aromatic carbocycles. The summed E-state index contributed by atoms with van der Waals surface area (Å²) in [7, 11) is 0. The van der Waals surface area contributed by atoms with E-state index in [4.69, 9.17) is 23.2 Å². The smallest absolute Gasteiger partial charge is 0.213 e. The van der Waals surface area contributed by atoms with Gasteiger partial charge in [-0.1, -0.05) is 29.3 Å². The van der Waals surface area contributed by atoms with Gasteiger partial charge in [0.2, 0.25) is 5.95 Å². The number of aromatic nitrogens is 4.